The predicted molar refractivity (Wildman–Crippen MR) is 43.4 cm³/mol. The molecule has 0 heterocycles. The van der Waals surface area contributed by atoms with Gasteiger partial charge in [0.25, 0.3) is 0 Å². The van der Waals surface area contributed by atoms with Crippen LogP contribution < -0.4 is 0 Å². The second kappa shape index (κ2) is 7.32. The summed E-state index contributed by atoms with van der Waals surface area (Å²) in [6, 6.07) is 5.90. The fourth-order valence-corrected chi connectivity index (χ4v) is 0.794. The Morgan fingerprint density at radius 1 is 1.00 bits per heavy atom. The molecule has 0 aliphatic carbocycles. The second-order valence-electron chi connectivity index (χ2n) is 2.25. The third-order valence-electron chi connectivity index (χ3n) is 1.38. The average Bonchev–Trinajstić information content (AvgIpc) is 2.10. The summed E-state index contributed by atoms with van der Waals surface area (Å²) < 4.78 is 0. The van der Waals surface area contributed by atoms with E-state index in [9.17, 15) is 0 Å². The molecule has 0 aromatic rings. The standard InChI is InChI=1S/C9H9N3/c10-6-1-3-9(5-8-12)4-2-7-11/h5H,1-4H2. The number of rotatable bonds is 4. The Morgan fingerprint density at radius 2 is 1.50 bits per heavy atom. The molecule has 0 saturated heterocycles. The van der Waals surface area contributed by atoms with Crippen molar-refractivity contribution in [3.8, 4) is 18.2 Å². The minimum Gasteiger partial charge on any atom is -0.198 e. The molecule has 0 aromatic carbocycles. The Hall–Kier alpha value is -1.79. The summed E-state index contributed by atoms with van der Waals surface area (Å²) in [7, 11) is 0. The van der Waals surface area contributed by atoms with Crippen LogP contribution in [0.2, 0.25) is 0 Å². The normalized spacial score (nSPS) is 7.42. The third-order valence-corrected chi connectivity index (χ3v) is 1.38. The molecule has 0 rings (SSSR count). The van der Waals surface area contributed by atoms with Crippen LogP contribution in [-0.2, 0) is 0 Å². The maximum atomic E-state index is 8.34. The molecule has 0 bridgehead atoms. The topological polar surface area (TPSA) is 71.4 Å². The summed E-state index contributed by atoms with van der Waals surface area (Å²) in [5.41, 5.74) is 0.889. The lowest BCUT2D eigenvalue weighted by Gasteiger charge is -1.97. The molecule has 60 valence electrons. The van der Waals surface area contributed by atoms with Crippen molar-refractivity contribution in [3.63, 3.8) is 0 Å². The van der Waals surface area contributed by atoms with E-state index in [4.69, 9.17) is 15.8 Å². The van der Waals surface area contributed by atoms with E-state index in [1.54, 1.807) is 0 Å². The van der Waals surface area contributed by atoms with E-state index in [0.29, 0.717) is 25.7 Å². The molecular weight excluding hydrogens is 150 g/mol. The SMILES string of the molecule is N#CC=C(CCC#N)CCC#N. The zero-order valence-electron chi connectivity index (χ0n) is 6.75. The number of nitriles is 3. The Morgan fingerprint density at radius 3 is 1.83 bits per heavy atom. The lowest BCUT2D eigenvalue weighted by molar-refractivity contribution is 0.875. The van der Waals surface area contributed by atoms with Gasteiger partial charge in [0.2, 0.25) is 0 Å². The molecule has 3 nitrogen and oxygen atoms in total. The molecule has 3 heteroatoms. The molecule has 0 saturated carbocycles. The van der Waals surface area contributed by atoms with Crippen molar-refractivity contribution in [2.24, 2.45) is 0 Å². The zero-order valence-corrected chi connectivity index (χ0v) is 6.75. The van der Waals surface area contributed by atoms with Gasteiger partial charge in [0.15, 0.2) is 0 Å². The summed E-state index contributed by atoms with van der Waals surface area (Å²) in [4.78, 5) is 0. The first-order valence-electron chi connectivity index (χ1n) is 3.66. The fraction of sp³-hybridized carbons (Fsp3) is 0.444. The maximum absolute atomic E-state index is 8.34. The zero-order chi connectivity index (χ0) is 9.23. The Labute approximate surface area is 72.1 Å². The molecule has 0 atom stereocenters. The summed E-state index contributed by atoms with van der Waals surface area (Å²) in [6.45, 7) is 0. The van der Waals surface area contributed by atoms with Crippen LogP contribution in [0.4, 0.5) is 0 Å². The van der Waals surface area contributed by atoms with Crippen LogP contribution in [0.25, 0.3) is 0 Å². The van der Waals surface area contributed by atoms with Gasteiger partial charge in [-0.15, -0.1) is 0 Å². The lowest BCUT2D eigenvalue weighted by Crippen LogP contribution is -1.83. The van der Waals surface area contributed by atoms with Crippen molar-refractivity contribution < 1.29 is 0 Å². The molecule has 0 aliphatic rings. The first-order chi connectivity index (χ1) is 5.85. The first kappa shape index (κ1) is 10.2. The van der Waals surface area contributed by atoms with Gasteiger partial charge in [0.05, 0.1) is 18.2 Å². The molecule has 0 N–H and O–H groups in total. The Bertz CT molecular complexity index is 250. The molecule has 0 fully saturated rings. The van der Waals surface area contributed by atoms with Crippen molar-refractivity contribution in [2.75, 3.05) is 0 Å². The van der Waals surface area contributed by atoms with Crippen LogP contribution in [0, 0.1) is 34.0 Å². The first-order valence-corrected chi connectivity index (χ1v) is 3.66. The summed E-state index contributed by atoms with van der Waals surface area (Å²) in [5.74, 6) is 0. The van der Waals surface area contributed by atoms with Gasteiger partial charge in [0.1, 0.15) is 0 Å². The largest absolute Gasteiger partial charge is 0.198 e. The minimum absolute atomic E-state index is 0.416. The van der Waals surface area contributed by atoms with Crippen LogP contribution in [0.1, 0.15) is 25.7 Å². The quantitative estimate of drug-likeness (QED) is 0.589. The predicted octanol–water partition coefficient (Wildman–Crippen LogP) is 2.04. The van der Waals surface area contributed by atoms with Gasteiger partial charge in [-0.1, -0.05) is 5.57 Å². The van der Waals surface area contributed by atoms with E-state index >= 15 is 0 Å². The average molecular weight is 159 g/mol. The van der Waals surface area contributed by atoms with E-state index in [0.717, 1.165) is 5.57 Å². The van der Waals surface area contributed by atoms with E-state index in [2.05, 4.69) is 0 Å². The summed E-state index contributed by atoms with van der Waals surface area (Å²) in [6.07, 6.45) is 3.46. The molecule has 0 aromatic heterocycles. The van der Waals surface area contributed by atoms with Gasteiger partial charge < -0.3 is 0 Å². The summed E-state index contributed by atoms with van der Waals surface area (Å²) in [5, 5.41) is 24.9. The molecule has 0 aliphatic heterocycles. The van der Waals surface area contributed by atoms with E-state index in [1.807, 2.05) is 18.2 Å². The Balaban J connectivity index is 3.93. The van der Waals surface area contributed by atoms with E-state index < -0.39 is 0 Å². The molecule has 0 unspecified atom stereocenters. The van der Waals surface area contributed by atoms with Crippen molar-refractivity contribution >= 4 is 0 Å². The number of hydrogen-bond acceptors (Lipinski definition) is 3. The maximum Gasteiger partial charge on any atom is 0.0911 e. The monoisotopic (exact) mass is 159 g/mol. The van der Waals surface area contributed by atoms with Crippen LogP contribution in [0.5, 0.6) is 0 Å². The lowest BCUT2D eigenvalue weighted by atomic mass is 10.1. The second-order valence-corrected chi connectivity index (χ2v) is 2.25. The highest BCUT2D eigenvalue weighted by Crippen LogP contribution is 2.10. The molecule has 0 radical (unpaired) electrons. The van der Waals surface area contributed by atoms with Gasteiger partial charge in [-0.25, -0.2) is 0 Å². The number of nitrogens with zero attached hydrogens (tertiary/aromatic N) is 3. The Kier molecular flexibility index (Phi) is 6.23. The van der Waals surface area contributed by atoms with Crippen LogP contribution in [0.15, 0.2) is 11.6 Å². The van der Waals surface area contributed by atoms with Gasteiger partial charge >= 0.3 is 0 Å². The van der Waals surface area contributed by atoms with Gasteiger partial charge in [-0.05, 0) is 12.8 Å². The fourth-order valence-electron chi connectivity index (χ4n) is 0.794. The third kappa shape index (κ3) is 5.03. The number of hydrogen-bond donors (Lipinski definition) is 0. The van der Waals surface area contributed by atoms with E-state index in [1.165, 1.54) is 6.08 Å². The molecular formula is C9H9N3. The van der Waals surface area contributed by atoms with Gasteiger partial charge in [0, 0.05) is 18.9 Å². The van der Waals surface area contributed by atoms with E-state index in [-0.39, 0.29) is 0 Å². The van der Waals surface area contributed by atoms with Crippen molar-refractivity contribution in [2.45, 2.75) is 25.7 Å². The highest BCUT2D eigenvalue weighted by atomic mass is 14.2. The van der Waals surface area contributed by atoms with Crippen LogP contribution in [0.3, 0.4) is 0 Å². The molecule has 0 amide bonds. The highest BCUT2D eigenvalue weighted by molar-refractivity contribution is 5.14. The van der Waals surface area contributed by atoms with Gasteiger partial charge in [-0.3, -0.25) is 0 Å². The highest BCUT2D eigenvalue weighted by Gasteiger charge is 1.96. The van der Waals surface area contributed by atoms with Crippen molar-refractivity contribution in [3.05, 3.63) is 11.6 Å². The smallest absolute Gasteiger partial charge is 0.0911 e. The van der Waals surface area contributed by atoms with Crippen molar-refractivity contribution in [1.29, 1.82) is 15.8 Å². The van der Waals surface area contributed by atoms with Crippen molar-refractivity contribution in [1.82, 2.24) is 0 Å². The van der Waals surface area contributed by atoms with Crippen LogP contribution in [-0.4, -0.2) is 0 Å². The minimum atomic E-state index is 0.416. The molecule has 12 heavy (non-hydrogen) atoms. The summed E-state index contributed by atoms with van der Waals surface area (Å²) >= 11 is 0. The molecule has 0 spiro atoms. The number of allylic oxidation sites excluding steroid dienone is 2. The van der Waals surface area contributed by atoms with Crippen LogP contribution >= 0.6 is 0 Å². The van der Waals surface area contributed by atoms with Gasteiger partial charge in [-0.2, -0.15) is 15.8 Å².